The van der Waals surface area contributed by atoms with E-state index in [1.54, 1.807) is 49.4 Å². The van der Waals surface area contributed by atoms with Crippen molar-refractivity contribution < 1.29 is 18.7 Å². The Morgan fingerprint density at radius 2 is 1.79 bits per heavy atom. The average molecular weight is 330 g/mol. The van der Waals surface area contributed by atoms with Gasteiger partial charge in [0.1, 0.15) is 11.6 Å². The fourth-order valence-corrected chi connectivity index (χ4v) is 2.17. The summed E-state index contributed by atoms with van der Waals surface area (Å²) >= 11 is 0. The van der Waals surface area contributed by atoms with Crippen LogP contribution in [0.25, 0.3) is 0 Å². The summed E-state index contributed by atoms with van der Waals surface area (Å²) < 4.78 is 18.7. The Bertz CT molecular complexity index is 716. The van der Waals surface area contributed by atoms with Gasteiger partial charge in [0.05, 0.1) is 13.7 Å². The van der Waals surface area contributed by atoms with Gasteiger partial charge in [-0.2, -0.15) is 0 Å². The molecule has 1 atom stereocenters. The highest BCUT2D eigenvalue weighted by Crippen LogP contribution is 2.15. The van der Waals surface area contributed by atoms with Crippen LogP contribution >= 0.6 is 0 Å². The number of hydrogen-bond acceptors (Lipinski definition) is 4. The number of rotatable bonds is 6. The first-order chi connectivity index (χ1) is 11.5. The molecule has 2 N–H and O–H groups in total. The first-order valence-electron chi connectivity index (χ1n) is 7.47. The van der Waals surface area contributed by atoms with E-state index in [2.05, 4.69) is 10.6 Å². The van der Waals surface area contributed by atoms with E-state index in [4.69, 9.17) is 4.74 Å². The van der Waals surface area contributed by atoms with E-state index < -0.39 is 11.8 Å². The van der Waals surface area contributed by atoms with E-state index in [1.165, 1.54) is 13.2 Å². The molecular weight excluding hydrogens is 311 g/mol. The first-order valence-corrected chi connectivity index (χ1v) is 7.47. The maximum absolute atomic E-state index is 13.7. The zero-order valence-electron chi connectivity index (χ0n) is 13.5. The molecule has 0 aromatic heterocycles. The minimum Gasteiger partial charge on any atom is -0.497 e. The third kappa shape index (κ3) is 4.63. The lowest BCUT2D eigenvalue weighted by molar-refractivity contribution is -0.119. The second-order valence-electron chi connectivity index (χ2n) is 5.23. The van der Waals surface area contributed by atoms with Gasteiger partial charge in [0.15, 0.2) is 0 Å². The normalized spacial score (nSPS) is 11.6. The summed E-state index contributed by atoms with van der Waals surface area (Å²) in [5.41, 5.74) is 0.818. The Morgan fingerprint density at radius 3 is 2.42 bits per heavy atom. The number of halogens is 1. The van der Waals surface area contributed by atoms with Gasteiger partial charge in [0, 0.05) is 17.2 Å². The van der Waals surface area contributed by atoms with Crippen molar-refractivity contribution in [3.63, 3.8) is 0 Å². The Morgan fingerprint density at radius 1 is 1.12 bits per heavy atom. The average Bonchev–Trinajstić information content (AvgIpc) is 2.60. The molecule has 0 radical (unpaired) electrons. The fourth-order valence-electron chi connectivity index (χ4n) is 2.17. The molecule has 2 aromatic carbocycles. The highest BCUT2D eigenvalue weighted by molar-refractivity contribution is 6.05. The molecule has 6 heteroatoms. The summed E-state index contributed by atoms with van der Waals surface area (Å²) in [6, 6.07) is 12.4. The SMILES string of the molecule is COc1ccc(C(=O)NC(=O)CNC(C)c2ccccc2F)cc1. The summed E-state index contributed by atoms with van der Waals surface area (Å²) in [4.78, 5) is 23.8. The third-order valence-corrected chi connectivity index (χ3v) is 3.55. The predicted molar refractivity (Wildman–Crippen MR) is 88.3 cm³/mol. The van der Waals surface area contributed by atoms with E-state index in [-0.39, 0.29) is 18.4 Å². The number of nitrogens with one attached hydrogen (secondary N) is 2. The lowest BCUT2D eigenvalue weighted by Gasteiger charge is -2.14. The monoisotopic (exact) mass is 330 g/mol. The van der Waals surface area contributed by atoms with Gasteiger partial charge in [-0.1, -0.05) is 18.2 Å². The van der Waals surface area contributed by atoms with Crippen LogP contribution in [0.5, 0.6) is 5.75 Å². The van der Waals surface area contributed by atoms with E-state index in [0.717, 1.165) is 0 Å². The quantitative estimate of drug-likeness (QED) is 0.854. The van der Waals surface area contributed by atoms with Gasteiger partial charge >= 0.3 is 0 Å². The summed E-state index contributed by atoms with van der Waals surface area (Å²) in [6.45, 7) is 1.65. The van der Waals surface area contributed by atoms with Crippen LogP contribution in [-0.4, -0.2) is 25.5 Å². The van der Waals surface area contributed by atoms with E-state index >= 15 is 0 Å². The maximum Gasteiger partial charge on any atom is 0.257 e. The Kier molecular flexibility index (Phi) is 6.03. The molecular formula is C18H19FN2O3. The molecule has 0 saturated heterocycles. The molecule has 0 fully saturated rings. The van der Waals surface area contributed by atoms with Crippen LogP contribution in [0.15, 0.2) is 48.5 Å². The van der Waals surface area contributed by atoms with E-state index in [0.29, 0.717) is 16.9 Å². The van der Waals surface area contributed by atoms with Gasteiger partial charge in [0.2, 0.25) is 5.91 Å². The fraction of sp³-hybridized carbons (Fsp3) is 0.222. The molecule has 2 rings (SSSR count). The van der Waals surface area contributed by atoms with Crippen molar-refractivity contribution in [1.29, 1.82) is 0 Å². The lowest BCUT2D eigenvalue weighted by Crippen LogP contribution is -2.38. The zero-order chi connectivity index (χ0) is 17.5. The van der Waals surface area contributed by atoms with E-state index in [9.17, 15) is 14.0 Å². The van der Waals surface area contributed by atoms with Crippen molar-refractivity contribution >= 4 is 11.8 Å². The van der Waals surface area contributed by atoms with Crippen LogP contribution in [0.2, 0.25) is 0 Å². The number of imide groups is 1. The largest absolute Gasteiger partial charge is 0.497 e. The number of hydrogen-bond donors (Lipinski definition) is 2. The molecule has 1 unspecified atom stereocenters. The number of benzene rings is 2. The van der Waals surface area contributed by atoms with Crippen LogP contribution in [0, 0.1) is 5.82 Å². The van der Waals surface area contributed by atoms with Crippen LogP contribution in [0.3, 0.4) is 0 Å². The van der Waals surface area contributed by atoms with Gasteiger partial charge in [-0.05, 0) is 37.3 Å². The van der Waals surface area contributed by atoms with Crippen molar-refractivity contribution in [2.45, 2.75) is 13.0 Å². The number of carbonyl (C=O) groups is 2. The van der Waals surface area contributed by atoms with Crippen molar-refractivity contribution in [3.8, 4) is 5.75 Å². The topological polar surface area (TPSA) is 67.4 Å². The molecule has 0 spiro atoms. The molecule has 24 heavy (non-hydrogen) atoms. The van der Waals surface area contributed by atoms with Crippen LogP contribution < -0.4 is 15.4 Å². The van der Waals surface area contributed by atoms with Crippen molar-refractivity contribution in [1.82, 2.24) is 10.6 Å². The molecule has 126 valence electrons. The molecule has 0 aliphatic carbocycles. The Balaban J connectivity index is 1.86. The van der Waals surface area contributed by atoms with Gasteiger partial charge in [-0.3, -0.25) is 14.9 Å². The Hall–Kier alpha value is -2.73. The zero-order valence-corrected chi connectivity index (χ0v) is 13.5. The number of amides is 2. The summed E-state index contributed by atoms with van der Waals surface area (Å²) in [6.07, 6.45) is 0. The molecule has 0 saturated carbocycles. The summed E-state index contributed by atoms with van der Waals surface area (Å²) in [5.74, 6) is -0.701. The molecule has 2 amide bonds. The number of ether oxygens (including phenoxy) is 1. The smallest absolute Gasteiger partial charge is 0.257 e. The summed E-state index contributed by atoms with van der Waals surface area (Å²) in [7, 11) is 1.53. The second kappa shape index (κ2) is 8.21. The lowest BCUT2D eigenvalue weighted by atomic mass is 10.1. The van der Waals surface area contributed by atoms with Crippen LogP contribution in [0.1, 0.15) is 28.9 Å². The minimum absolute atomic E-state index is 0.0998. The van der Waals surface area contributed by atoms with E-state index in [1.807, 2.05) is 0 Å². The van der Waals surface area contributed by atoms with Gasteiger partial charge in [-0.25, -0.2) is 4.39 Å². The first kappa shape index (κ1) is 17.6. The molecule has 2 aromatic rings. The van der Waals surface area contributed by atoms with Crippen LogP contribution in [0.4, 0.5) is 4.39 Å². The highest BCUT2D eigenvalue weighted by atomic mass is 19.1. The molecule has 0 bridgehead atoms. The molecule has 0 aliphatic heterocycles. The van der Waals surface area contributed by atoms with Crippen molar-refractivity contribution in [2.24, 2.45) is 0 Å². The van der Waals surface area contributed by atoms with Gasteiger partial charge in [0.25, 0.3) is 5.91 Å². The van der Waals surface area contributed by atoms with Gasteiger partial charge < -0.3 is 10.1 Å². The molecule has 0 aliphatic rings. The van der Waals surface area contributed by atoms with Crippen molar-refractivity contribution in [2.75, 3.05) is 13.7 Å². The molecule has 0 heterocycles. The highest BCUT2D eigenvalue weighted by Gasteiger charge is 2.14. The minimum atomic E-state index is -0.497. The van der Waals surface area contributed by atoms with Crippen LogP contribution in [-0.2, 0) is 4.79 Å². The second-order valence-corrected chi connectivity index (χ2v) is 5.23. The molecule has 5 nitrogen and oxygen atoms in total. The third-order valence-electron chi connectivity index (χ3n) is 3.55. The van der Waals surface area contributed by atoms with Gasteiger partial charge in [-0.15, -0.1) is 0 Å². The number of carbonyl (C=O) groups excluding carboxylic acids is 2. The maximum atomic E-state index is 13.7. The Labute approximate surface area is 139 Å². The number of methoxy groups -OCH3 is 1. The predicted octanol–water partition coefficient (Wildman–Crippen LogP) is 2.44. The standard InChI is InChI=1S/C18H19FN2O3/c1-12(15-5-3-4-6-16(15)19)20-11-17(22)21-18(23)13-7-9-14(24-2)10-8-13/h3-10,12,20H,11H2,1-2H3,(H,21,22,23). The summed E-state index contributed by atoms with van der Waals surface area (Å²) in [5, 5.41) is 5.17. The van der Waals surface area contributed by atoms with Crippen molar-refractivity contribution in [3.05, 3.63) is 65.5 Å².